The van der Waals surface area contributed by atoms with E-state index in [1.54, 1.807) is 0 Å². The highest BCUT2D eigenvalue weighted by Crippen LogP contribution is 2.18. The first-order chi connectivity index (χ1) is 6.26. The summed E-state index contributed by atoms with van der Waals surface area (Å²) in [5.74, 6) is 6.05. The van der Waals surface area contributed by atoms with Crippen molar-refractivity contribution >= 4 is 17.7 Å². The summed E-state index contributed by atoms with van der Waals surface area (Å²) >= 11 is 1.81. The van der Waals surface area contributed by atoms with Crippen LogP contribution >= 0.6 is 11.8 Å². The molecule has 1 aliphatic rings. The van der Waals surface area contributed by atoms with Crippen molar-refractivity contribution in [3.8, 4) is 0 Å². The Labute approximate surface area is 83.7 Å². The van der Waals surface area contributed by atoms with Gasteiger partial charge in [0.1, 0.15) is 0 Å². The molecule has 13 heavy (non-hydrogen) atoms. The number of nitrogens with two attached hydrogens (primary N) is 1. The lowest BCUT2D eigenvalue weighted by molar-refractivity contribution is 0.815. The zero-order valence-corrected chi connectivity index (χ0v) is 9.03. The third-order valence-electron chi connectivity index (χ3n) is 1.96. The minimum atomic E-state index is 0.546. The maximum absolute atomic E-state index is 5.33. The van der Waals surface area contributed by atoms with Gasteiger partial charge in [0.25, 0.3) is 0 Å². The minimum absolute atomic E-state index is 0.546. The number of aliphatic imine (C=N–C) groups is 1. The summed E-state index contributed by atoms with van der Waals surface area (Å²) in [4.78, 5) is 4.34. The second-order valence-electron chi connectivity index (χ2n) is 3.30. The molecule has 0 aromatic heterocycles. The van der Waals surface area contributed by atoms with Crippen molar-refractivity contribution < 1.29 is 0 Å². The Morgan fingerprint density at radius 2 is 2.38 bits per heavy atom. The molecule has 0 aromatic rings. The van der Waals surface area contributed by atoms with E-state index >= 15 is 0 Å². The number of hydrogen-bond acceptors (Lipinski definition) is 3. The standard InChI is InChI=1S/C8H18N4S/c1-6(13-2)5-10-8(12-9)11-7-3-4-7/h6-7H,3-5,9H2,1-2H3,(H2,10,11,12). The number of rotatable bonds is 4. The van der Waals surface area contributed by atoms with Crippen LogP contribution in [-0.2, 0) is 0 Å². The molecule has 4 nitrogen and oxygen atoms in total. The second-order valence-corrected chi connectivity index (χ2v) is 4.57. The topological polar surface area (TPSA) is 62.4 Å². The minimum Gasteiger partial charge on any atom is -0.353 e. The van der Waals surface area contributed by atoms with Crippen molar-refractivity contribution in [3.63, 3.8) is 0 Å². The molecule has 0 bridgehead atoms. The predicted octanol–water partition coefficient (Wildman–Crippen LogP) is 0.309. The van der Waals surface area contributed by atoms with E-state index in [2.05, 4.69) is 28.9 Å². The normalized spacial score (nSPS) is 19.8. The van der Waals surface area contributed by atoms with Gasteiger partial charge in [-0.1, -0.05) is 6.92 Å². The van der Waals surface area contributed by atoms with Gasteiger partial charge in [0.05, 0.1) is 6.54 Å². The monoisotopic (exact) mass is 202 g/mol. The first-order valence-corrected chi connectivity index (χ1v) is 5.85. The van der Waals surface area contributed by atoms with E-state index in [0.29, 0.717) is 11.3 Å². The van der Waals surface area contributed by atoms with E-state index in [1.165, 1.54) is 12.8 Å². The van der Waals surface area contributed by atoms with Crippen molar-refractivity contribution in [2.24, 2.45) is 10.8 Å². The molecule has 0 spiro atoms. The lowest BCUT2D eigenvalue weighted by Crippen LogP contribution is -2.42. The van der Waals surface area contributed by atoms with Crippen LogP contribution in [0, 0.1) is 0 Å². The first kappa shape index (κ1) is 10.7. The number of hydrogen-bond donors (Lipinski definition) is 3. The molecule has 0 aliphatic heterocycles. The van der Waals surface area contributed by atoms with E-state index in [1.807, 2.05) is 11.8 Å². The summed E-state index contributed by atoms with van der Waals surface area (Å²) in [5.41, 5.74) is 2.58. The molecular weight excluding hydrogens is 184 g/mol. The van der Waals surface area contributed by atoms with Crippen LogP contribution in [-0.4, -0.2) is 30.1 Å². The van der Waals surface area contributed by atoms with Gasteiger partial charge in [-0.3, -0.25) is 10.4 Å². The number of nitrogens with one attached hydrogen (secondary N) is 2. The molecule has 1 atom stereocenters. The zero-order chi connectivity index (χ0) is 9.68. The lowest BCUT2D eigenvalue weighted by Gasteiger charge is -2.09. The molecule has 0 heterocycles. The summed E-state index contributed by atoms with van der Waals surface area (Å²) in [6.45, 7) is 2.96. The largest absolute Gasteiger partial charge is 0.353 e. The Morgan fingerprint density at radius 1 is 1.69 bits per heavy atom. The summed E-state index contributed by atoms with van der Waals surface area (Å²) in [5, 5.41) is 3.77. The molecule has 1 rings (SSSR count). The fourth-order valence-corrected chi connectivity index (χ4v) is 1.07. The van der Waals surface area contributed by atoms with E-state index in [0.717, 1.165) is 12.5 Å². The fourth-order valence-electron chi connectivity index (χ4n) is 0.848. The Hall–Kier alpha value is -0.420. The van der Waals surface area contributed by atoms with Gasteiger partial charge in [0, 0.05) is 11.3 Å². The maximum atomic E-state index is 5.33. The second kappa shape index (κ2) is 5.34. The van der Waals surface area contributed by atoms with Gasteiger partial charge in [0.15, 0.2) is 0 Å². The molecule has 1 unspecified atom stereocenters. The molecular formula is C8H18N4S. The first-order valence-electron chi connectivity index (χ1n) is 4.56. The summed E-state index contributed by atoms with van der Waals surface area (Å²) < 4.78 is 0. The average Bonchev–Trinajstić information content (AvgIpc) is 2.95. The smallest absolute Gasteiger partial charge is 0.205 e. The molecule has 0 saturated heterocycles. The Bertz CT molecular complexity index is 179. The van der Waals surface area contributed by atoms with Crippen molar-refractivity contribution in [2.45, 2.75) is 31.1 Å². The molecule has 4 N–H and O–H groups in total. The van der Waals surface area contributed by atoms with Crippen LogP contribution in [0.3, 0.4) is 0 Å². The van der Waals surface area contributed by atoms with Crippen molar-refractivity contribution in [2.75, 3.05) is 12.8 Å². The van der Waals surface area contributed by atoms with Crippen molar-refractivity contribution in [1.29, 1.82) is 0 Å². The molecule has 76 valence electrons. The third-order valence-corrected chi connectivity index (χ3v) is 2.92. The molecule has 5 heteroatoms. The average molecular weight is 202 g/mol. The van der Waals surface area contributed by atoms with Gasteiger partial charge in [-0.2, -0.15) is 11.8 Å². The van der Waals surface area contributed by atoms with Crippen LogP contribution in [0.5, 0.6) is 0 Å². The summed E-state index contributed by atoms with van der Waals surface area (Å²) in [7, 11) is 0. The van der Waals surface area contributed by atoms with E-state index in [9.17, 15) is 0 Å². The predicted molar refractivity (Wildman–Crippen MR) is 58.8 cm³/mol. The Morgan fingerprint density at radius 3 is 2.85 bits per heavy atom. The van der Waals surface area contributed by atoms with E-state index < -0.39 is 0 Å². The number of nitrogens with zero attached hydrogens (tertiary/aromatic N) is 1. The molecule has 1 aliphatic carbocycles. The number of hydrazine groups is 1. The van der Waals surface area contributed by atoms with Crippen LogP contribution < -0.4 is 16.6 Å². The van der Waals surface area contributed by atoms with Crippen LogP contribution in [0.25, 0.3) is 0 Å². The van der Waals surface area contributed by atoms with Crippen LogP contribution in [0.2, 0.25) is 0 Å². The third kappa shape index (κ3) is 4.38. The number of thioether (sulfide) groups is 1. The van der Waals surface area contributed by atoms with Crippen LogP contribution in [0.1, 0.15) is 19.8 Å². The highest BCUT2D eigenvalue weighted by atomic mass is 32.2. The SMILES string of the molecule is CSC(C)CN=C(NN)NC1CC1. The Kier molecular flexibility index (Phi) is 4.38. The van der Waals surface area contributed by atoms with Crippen molar-refractivity contribution in [1.82, 2.24) is 10.7 Å². The summed E-state index contributed by atoms with van der Waals surface area (Å²) in [6, 6.07) is 0.597. The van der Waals surface area contributed by atoms with Crippen LogP contribution in [0.4, 0.5) is 0 Å². The summed E-state index contributed by atoms with van der Waals surface area (Å²) in [6.07, 6.45) is 4.56. The number of guanidine groups is 1. The van der Waals surface area contributed by atoms with Gasteiger partial charge >= 0.3 is 0 Å². The maximum Gasteiger partial charge on any atom is 0.205 e. The molecule has 0 radical (unpaired) electrons. The Balaban J connectivity index is 2.25. The highest BCUT2D eigenvalue weighted by Gasteiger charge is 2.21. The highest BCUT2D eigenvalue weighted by molar-refractivity contribution is 7.99. The van der Waals surface area contributed by atoms with Gasteiger partial charge in [-0.05, 0) is 19.1 Å². The van der Waals surface area contributed by atoms with Gasteiger partial charge < -0.3 is 5.32 Å². The zero-order valence-electron chi connectivity index (χ0n) is 8.21. The van der Waals surface area contributed by atoms with Gasteiger partial charge in [-0.25, -0.2) is 5.84 Å². The molecule has 1 fully saturated rings. The molecule has 0 amide bonds. The quantitative estimate of drug-likeness (QED) is 0.266. The lowest BCUT2D eigenvalue weighted by atomic mass is 10.5. The fraction of sp³-hybridized carbons (Fsp3) is 0.875. The van der Waals surface area contributed by atoms with Gasteiger partial charge in [-0.15, -0.1) is 0 Å². The molecule has 1 saturated carbocycles. The van der Waals surface area contributed by atoms with E-state index in [-0.39, 0.29) is 0 Å². The van der Waals surface area contributed by atoms with Gasteiger partial charge in [0.2, 0.25) is 5.96 Å². The van der Waals surface area contributed by atoms with E-state index in [4.69, 9.17) is 5.84 Å². The van der Waals surface area contributed by atoms with Crippen LogP contribution in [0.15, 0.2) is 4.99 Å². The molecule has 0 aromatic carbocycles. The van der Waals surface area contributed by atoms with Crippen molar-refractivity contribution in [3.05, 3.63) is 0 Å².